The average Bonchev–Trinajstić information content (AvgIpc) is 2.53. The van der Waals surface area contributed by atoms with Crippen molar-refractivity contribution in [1.82, 2.24) is 0 Å². The smallest absolute Gasteiger partial charge is 0.283 e. The third-order valence-corrected chi connectivity index (χ3v) is 4.28. The van der Waals surface area contributed by atoms with Gasteiger partial charge in [0.2, 0.25) is 0 Å². The van der Waals surface area contributed by atoms with E-state index in [2.05, 4.69) is 55.5 Å². The van der Waals surface area contributed by atoms with E-state index < -0.39 is 0 Å². The fourth-order valence-electron chi connectivity index (χ4n) is 3.17. The number of aryl methyl sites for hydroxylation is 1. The van der Waals surface area contributed by atoms with Crippen LogP contribution in [0.4, 0.5) is 0 Å². The molecule has 114 valence electrons. The molecule has 0 aromatic heterocycles. The van der Waals surface area contributed by atoms with Crippen LogP contribution in [0, 0.1) is 5.92 Å². The van der Waals surface area contributed by atoms with Gasteiger partial charge in [-0.2, -0.15) is 0 Å². The summed E-state index contributed by atoms with van der Waals surface area (Å²) in [5.74, 6) is 1.95. The Bertz CT molecular complexity index is 735. The Morgan fingerprint density at radius 3 is 2.64 bits per heavy atom. The number of hydrogen-bond donors (Lipinski definition) is 0. The molecule has 0 spiro atoms. The van der Waals surface area contributed by atoms with Crippen LogP contribution in [0.25, 0.3) is 10.8 Å². The van der Waals surface area contributed by atoms with Crippen molar-refractivity contribution < 1.29 is 9.47 Å². The molecule has 2 nitrogen and oxygen atoms in total. The summed E-state index contributed by atoms with van der Waals surface area (Å²) in [5, 5.41) is 2.63. The third kappa shape index (κ3) is 2.87. The molecule has 2 aromatic rings. The van der Waals surface area contributed by atoms with Gasteiger partial charge in [0.25, 0.3) is 5.95 Å². The quantitative estimate of drug-likeness (QED) is 0.771. The molecular weight excluding hydrogens is 272 g/mol. The second-order valence-electron chi connectivity index (χ2n) is 5.82. The first kappa shape index (κ1) is 14.7. The predicted octanol–water partition coefficient (Wildman–Crippen LogP) is 5.20. The molecule has 2 heteroatoms. The summed E-state index contributed by atoms with van der Waals surface area (Å²) >= 11 is 0. The fraction of sp³-hybridized carbons (Fsp3) is 0.300. The van der Waals surface area contributed by atoms with Gasteiger partial charge in [0.1, 0.15) is 5.76 Å². The summed E-state index contributed by atoms with van der Waals surface area (Å²) in [6, 6.07) is 15.1. The molecule has 2 aromatic carbocycles. The normalized spacial score (nSPS) is 18.1. The first-order chi connectivity index (χ1) is 10.7. The van der Waals surface area contributed by atoms with Crippen LogP contribution < -0.4 is 0 Å². The van der Waals surface area contributed by atoms with E-state index in [1.807, 2.05) is 6.92 Å². The van der Waals surface area contributed by atoms with Crippen LogP contribution >= 0.6 is 0 Å². The van der Waals surface area contributed by atoms with E-state index in [9.17, 15) is 0 Å². The molecule has 3 rings (SSSR count). The monoisotopic (exact) mass is 294 g/mol. The van der Waals surface area contributed by atoms with Gasteiger partial charge in [-0.05, 0) is 42.2 Å². The molecule has 0 aliphatic carbocycles. The minimum Gasteiger partial charge on any atom is -0.468 e. The summed E-state index contributed by atoms with van der Waals surface area (Å²) in [5.41, 5.74) is 2.61. The highest BCUT2D eigenvalue weighted by Gasteiger charge is 2.21. The van der Waals surface area contributed by atoms with Gasteiger partial charge < -0.3 is 9.47 Å². The summed E-state index contributed by atoms with van der Waals surface area (Å²) in [4.78, 5) is 0. The van der Waals surface area contributed by atoms with Crippen molar-refractivity contribution in [2.45, 2.75) is 26.7 Å². The van der Waals surface area contributed by atoms with Gasteiger partial charge in [-0.1, -0.05) is 49.4 Å². The summed E-state index contributed by atoms with van der Waals surface area (Å²) < 4.78 is 11.1. The molecule has 0 radical (unpaired) electrons. The lowest BCUT2D eigenvalue weighted by Crippen LogP contribution is -2.12. The number of methoxy groups -OCH3 is 1. The van der Waals surface area contributed by atoms with Crippen LogP contribution in [-0.2, 0) is 15.9 Å². The second-order valence-corrected chi connectivity index (χ2v) is 5.82. The molecule has 0 saturated heterocycles. The van der Waals surface area contributed by atoms with Gasteiger partial charge in [0, 0.05) is 11.5 Å². The Hall–Kier alpha value is -2.22. The van der Waals surface area contributed by atoms with Crippen LogP contribution in [0.15, 0.2) is 65.8 Å². The SMILES string of the molecule is COC1=C(CCc2cccc3ccccc23)C(C)C=C(C)O1. The van der Waals surface area contributed by atoms with Gasteiger partial charge in [0.15, 0.2) is 0 Å². The van der Waals surface area contributed by atoms with Crippen LogP contribution in [0.3, 0.4) is 0 Å². The molecule has 0 saturated carbocycles. The second kappa shape index (κ2) is 6.27. The summed E-state index contributed by atoms with van der Waals surface area (Å²) in [7, 11) is 1.68. The lowest BCUT2D eigenvalue weighted by Gasteiger charge is -2.23. The Morgan fingerprint density at radius 2 is 1.82 bits per heavy atom. The fourth-order valence-corrected chi connectivity index (χ4v) is 3.17. The van der Waals surface area contributed by atoms with Crippen molar-refractivity contribution in [1.29, 1.82) is 0 Å². The molecule has 0 N–H and O–H groups in total. The molecule has 1 unspecified atom stereocenters. The highest BCUT2D eigenvalue weighted by molar-refractivity contribution is 5.85. The topological polar surface area (TPSA) is 18.5 Å². The van der Waals surface area contributed by atoms with E-state index >= 15 is 0 Å². The molecule has 1 atom stereocenters. The number of fused-ring (bicyclic) bond motifs is 1. The molecule has 0 amide bonds. The molecule has 0 fully saturated rings. The standard InChI is InChI=1S/C20H22O2/c1-14-13-15(2)22-20(21-3)18(14)12-11-17-9-6-8-16-7-4-5-10-19(16)17/h4-10,13-14H,11-12H2,1-3H3. The van der Waals surface area contributed by atoms with Gasteiger partial charge in [-0.3, -0.25) is 0 Å². The number of hydrogen-bond acceptors (Lipinski definition) is 2. The Kier molecular flexibility index (Phi) is 4.19. The van der Waals surface area contributed by atoms with E-state index in [0.29, 0.717) is 11.9 Å². The molecule has 1 aliphatic heterocycles. The van der Waals surface area contributed by atoms with E-state index in [4.69, 9.17) is 9.47 Å². The lowest BCUT2D eigenvalue weighted by molar-refractivity contribution is 0.0894. The lowest BCUT2D eigenvalue weighted by atomic mass is 9.92. The first-order valence-corrected chi connectivity index (χ1v) is 7.79. The van der Waals surface area contributed by atoms with Crippen LogP contribution in [0.5, 0.6) is 0 Å². The van der Waals surface area contributed by atoms with Crippen molar-refractivity contribution in [2.24, 2.45) is 5.92 Å². The number of allylic oxidation sites excluding steroid dienone is 3. The van der Waals surface area contributed by atoms with Gasteiger partial charge in [-0.25, -0.2) is 0 Å². The molecule has 1 aliphatic rings. The maximum atomic E-state index is 5.71. The Morgan fingerprint density at radius 1 is 1.05 bits per heavy atom. The van der Waals surface area contributed by atoms with Crippen molar-refractivity contribution in [3.05, 3.63) is 71.4 Å². The number of benzene rings is 2. The van der Waals surface area contributed by atoms with Crippen molar-refractivity contribution >= 4 is 10.8 Å². The van der Waals surface area contributed by atoms with E-state index in [-0.39, 0.29) is 0 Å². The number of ether oxygens (including phenoxy) is 2. The van der Waals surface area contributed by atoms with Crippen molar-refractivity contribution in [2.75, 3.05) is 7.11 Å². The van der Waals surface area contributed by atoms with E-state index in [1.54, 1.807) is 7.11 Å². The zero-order chi connectivity index (χ0) is 15.5. The van der Waals surface area contributed by atoms with Gasteiger partial charge in [-0.15, -0.1) is 0 Å². The number of rotatable bonds is 4. The average molecular weight is 294 g/mol. The minimum absolute atomic E-state index is 0.360. The van der Waals surface area contributed by atoms with Crippen LogP contribution in [0.1, 0.15) is 25.8 Å². The third-order valence-electron chi connectivity index (χ3n) is 4.28. The van der Waals surface area contributed by atoms with E-state index in [1.165, 1.54) is 21.9 Å². The van der Waals surface area contributed by atoms with Crippen LogP contribution in [0.2, 0.25) is 0 Å². The van der Waals surface area contributed by atoms with Gasteiger partial charge in [0.05, 0.1) is 7.11 Å². The van der Waals surface area contributed by atoms with E-state index in [0.717, 1.165) is 18.6 Å². The first-order valence-electron chi connectivity index (χ1n) is 7.79. The molecule has 22 heavy (non-hydrogen) atoms. The maximum absolute atomic E-state index is 5.71. The van der Waals surface area contributed by atoms with Crippen molar-refractivity contribution in [3.8, 4) is 0 Å². The summed E-state index contributed by atoms with van der Waals surface area (Å²) in [6.07, 6.45) is 4.09. The zero-order valence-corrected chi connectivity index (χ0v) is 13.4. The molecule has 1 heterocycles. The van der Waals surface area contributed by atoms with Crippen LogP contribution in [-0.4, -0.2) is 7.11 Å². The van der Waals surface area contributed by atoms with Crippen molar-refractivity contribution in [3.63, 3.8) is 0 Å². The molecular formula is C20H22O2. The highest BCUT2D eigenvalue weighted by Crippen LogP contribution is 2.31. The molecule has 0 bridgehead atoms. The largest absolute Gasteiger partial charge is 0.468 e. The highest BCUT2D eigenvalue weighted by atomic mass is 16.7. The Labute approximate surface area is 132 Å². The van der Waals surface area contributed by atoms with Gasteiger partial charge >= 0.3 is 0 Å². The zero-order valence-electron chi connectivity index (χ0n) is 13.4. The minimum atomic E-state index is 0.360. The maximum Gasteiger partial charge on any atom is 0.283 e. The Balaban J connectivity index is 1.84. The predicted molar refractivity (Wildman–Crippen MR) is 90.3 cm³/mol. The summed E-state index contributed by atoms with van der Waals surface area (Å²) in [6.45, 7) is 4.17.